The van der Waals surface area contributed by atoms with E-state index >= 15 is 0 Å². The highest BCUT2D eigenvalue weighted by molar-refractivity contribution is 5.77. The highest BCUT2D eigenvalue weighted by Crippen LogP contribution is 2.61. The quantitative estimate of drug-likeness (QED) is 0.220. The van der Waals surface area contributed by atoms with E-state index in [2.05, 4.69) is 0 Å². The van der Waals surface area contributed by atoms with E-state index in [1.54, 1.807) is 36.4 Å². The average Bonchev–Trinajstić information content (AvgIpc) is 3.28. The number of fused-ring (bicyclic) bond motifs is 1. The molecule has 0 amide bonds. The number of carbonyl (C=O) groups excluding carboxylic acids is 3. The molecule has 3 aromatic carbocycles. The molecule has 13 heteroatoms. The van der Waals surface area contributed by atoms with Gasteiger partial charge in [-0.25, -0.2) is 4.79 Å². The summed E-state index contributed by atoms with van der Waals surface area (Å²) in [5.74, 6) is -5.00. The summed E-state index contributed by atoms with van der Waals surface area (Å²) in [5, 5.41) is 0. The van der Waals surface area contributed by atoms with Crippen LogP contribution in [0.3, 0.4) is 0 Å². The Kier molecular flexibility index (Phi) is 9.26. The molecule has 3 atom stereocenters. The van der Waals surface area contributed by atoms with E-state index in [4.69, 9.17) is 33.2 Å². The van der Waals surface area contributed by atoms with Crippen molar-refractivity contribution >= 4 is 17.9 Å². The summed E-state index contributed by atoms with van der Waals surface area (Å²) >= 11 is 0. The molecule has 0 fully saturated rings. The molecule has 0 saturated carbocycles. The van der Waals surface area contributed by atoms with E-state index in [0.29, 0.717) is 28.4 Å². The van der Waals surface area contributed by atoms with Crippen LogP contribution in [0.25, 0.3) is 0 Å². The van der Waals surface area contributed by atoms with E-state index < -0.39 is 42.0 Å². The summed E-state index contributed by atoms with van der Waals surface area (Å²) in [7, 11) is 5.65. The molecule has 3 aromatic rings. The van der Waals surface area contributed by atoms with Gasteiger partial charge in [0.1, 0.15) is 40.6 Å². The predicted octanol–water partition coefficient (Wildman–Crippen LogP) is 5.65. The van der Waals surface area contributed by atoms with Gasteiger partial charge in [0.2, 0.25) is 0 Å². The summed E-state index contributed by atoms with van der Waals surface area (Å²) < 4.78 is 78.9. The zero-order chi connectivity index (χ0) is 32.3. The minimum Gasteiger partial charge on any atom is -0.497 e. The van der Waals surface area contributed by atoms with Gasteiger partial charge in [-0.3, -0.25) is 9.59 Å². The normalized spacial score (nSPS) is 17.2. The first-order valence-corrected chi connectivity index (χ1v) is 13.1. The average molecular weight is 619 g/mol. The summed E-state index contributed by atoms with van der Waals surface area (Å²) in [6.45, 7) is 2.25. The van der Waals surface area contributed by atoms with Crippen molar-refractivity contribution in [2.45, 2.75) is 38.0 Å². The van der Waals surface area contributed by atoms with Crippen molar-refractivity contribution in [2.75, 3.05) is 28.4 Å². The molecule has 1 aliphatic rings. The molecular formula is C31H29F3O10. The second-order valence-corrected chi connectivity index (χ2v) is 9.69. The van der Waals surface area contributed by atoms with Gasteiger partial charge in [-0.15, -0.1) is 0 Å². The van der Waals surface area contributed by atoms with Crippen molar-refractivity contribution in [2.24, 2.45) is 0 Å². The fourth-order valence-electron chi connectivity index (χ4n) is 5.33. The largest absolute Gasteiger partial charge is 0.497 e. The third kappa shape index (κ3) is 6.51. The lowest BCUT2D eigenvalue weighted by molar-refractivity contribution is -0.206. The predicted molar refractivity (Wildman–Crippen MR) is 148 cm³/mol. The van der Waals surface area contributed by atoms with Crippen LogP contribution in [0.15, 0.2) is 48.5 Å². The number of rotatable bonds is 9. The fraction of sp³-hybridized carbons (Fsp3) is 0.323. The number of methoxy groups -OCH3 is 4. The minimum absolute atomic E-state index is 0.00672. The van der Waals surface area contributed by atoms with Gasteiger partial charge in [-0.05, 0) is 29.8 Å². The van der Waals surface area contributed by atoms with Crippen LogP contribution in [0.5, 0.6) is 34.5 Å². The summed E-state index contributed by atoms with van der Waals surface area (Å²) in [4.78, 5) is 36.6. The maximum absolute atomic E-state index is 13.7. The van der Waals surface area contributed by atoms with Crippen LogP contribution in [0.2, 0.25) is 0 Å². The molecule has 0 N–H and O–H groups in total. The third-order valence-corrected chi connectivity index (χ3v) is 6.97. The molecule has 0 saturated heterocycles. The molecule has 0 aliphatic heterocycles. The Morgan fingerprint density at radius 2 is 1.25 bits per heavy atom. The second-order valence-electron chi connectivity index (χ2n) is 9.69. The Labute approximate surface area is 250 Å². The lowest BCUT2D eigenvalue weighted by atomic mass is 9.80. The second kappa shape index (κ2) is 12.7. The van der Waals surface area contributed by atoms with Crippen LogP contribution >= 0.6 is 0 Å². The Bertz CT molecular complexity index is 1560. The SMILES string of the molecule is COc1cc(OC)cc([C@@H]2[C@@H](c3ccc(OC)cc3OC)c3c(OC(C)=O)cc(OC(C)=O)cc3[C@H]2OC(=O)C(F)(F)F)c1. The summed E-state index contributed by atoms with van der Waals surface area (Å²) in [6.07, 6.45) is -6.99. The van der Waals surface area contributed by atoms with Gasteiger partial charge in [0.15, 0.2) is 0 Å². The highest BCUT2D eigenvalue weighted by atomic mass is 19.4. The molecule has 4 rings (SSSR count). The number of carbonyl (C=O) groups is 3. The first-order valence-electron chi connectivity index (χ1n) is 13.1. The summed E-state index contributed by atoms with van der Waals surface area (Å²) in [6, 6.07) is 12.1. The Hall–Kier alpha value is -4.94. The van der Waals surface area contributed by atoms with Crippen LogP contribution in [0.1, 0.15) is 54.0 Å². The van der Waals surface area contributed by atoms with E-state index in [0.717, 1.165) is 13.8 Å². The van der Waals surface area contributed by atoms with Crippen molar-refractivity contribution in [3.63, 3.8) is 0 Å². The van der Waals surface area contributed by atoms with Gasteiger partial charge in [-0.2, -0.15) is 13.2 Å². The van der Waals surface area contributed by atoms with Crippen molar-refractivity contribution in [3.05, 3.63) is 70.8 Å². The topological polar surface area (TPSA) is 116 Å². The van der Waals surface area contributed by atoms with Crippen LogP contribution < -0.4 is 28.4 Å². The van der Waals surface area contributed by atoms with E-state index in [1.165, 1.54) is 40.6 Å². The van der Waals surface area contributed by atoms with Gasteiger partial charge < -0.3 is 33.2 Å². The van der Waals surface area contributed by atoms with E-state index in [1.807, 2.05) is 0 Å². The van der Waals surface area contributed by atoms with Crippen molar-refractivity contribution < 1.29 is 60.7 Å². The first kappa shape index (κ1) is 32.0. The summed E-state index contributed by atoms with van der Waals surface area (Å²) in [5.41, 5.74) is 0.988. The number of hydrogen-bond acceptors (Lipinski definition) is 10. The van der Waals surface area contributed by atoms with Crippen molar-refractivity contribution in [1.29, 1.82) is 0 Å². The van der Waals surface area contributed by atoms with Crippen molar-refractivity contribution in [3.8, 4) is 34.5 Å². The zero-order valence-corrected chi connectivity index (χ0v) is 24.6. The Balaban J connectivity index is 2.13. The van der Waals surface area contributed by atoms with E-state index in [9.17, 15) is 27.6 Å². The first-order chi connectivity index (χ1) is 20.8. The molecule has 10 nitrogen and oxygen atoms in total. The third-order valence-electron chi connectivity index (χ3n) is 6.97. The van der Waals surface area contributed by atoms with Crippen LogP contribution in [0, 0.1) is 0 Å². The van der Waals surface area contributed by atoms with Gasteiger partial charge in [0.05, 0.1) is 28.4 Å². The minimum atomic E-state index is -5.35. The highest BCUT2D eigenvalue weighted by Gasteiger charge is 2.51. The lowest BCUT2D eigenvalue weighted by Crippen LogP contribution is -2.28. The standard InChI is InChI=1S/C31H29F3O10/c1-15(35)42-21-12-23-27(25(14-21)43-16(2)36)28(22-8-7-18(38-3)13-24(22)41-6)26(29(23)44-30(37)31(32,33)34)17-9-19(39-4)11-20(10-17)40-5/h7-14,26,28-29H,1-6H3/t26-,28-,29-/m1/s1. The number of esters is 3. The van der Waals surface area contributed by atoms with Gasteiger partial charge >= 0.3 is 24.1 Å². The smallest absolute Gasteiger partial charge is 0.490 e. The number of benzene rings is 3. The van der Waals surface area contributed by atoms with E-state index in [-0.39, 0.29) is 28.4 Å². The lowest BCUT2D eigenvalue weighted by Gasteiger charge is -2.28. The van der Waals surface area contributed by atoms with Gasteiger partial charge in [-0.1, -0.05) is 6.07 Å². The molecule has 234 valence electrons. The van der Waals surface area contributed by atoms with Gasteiger partial charge in [0, 0.05) is 60.6 Å². The Morgan fingerprint density at radius 1 is 0.659 bits per heavy atom. The monoisotopic (exact) mass is 618 g/mol. The molecule has 0 unspecified atom stereocenters. The molecule has 0 aromatic heterocycles. The number of alkyl halides is 3. The maximum atomic E-state index is 13.7. The van der Waals surface area contributed by atoms with Crippen molar-refractivity contribution in [1.82, 2.24) is 0 Å². The number of halogens is 3. The molecule has 0 spiro atoms. The molecule has 1 aliphatic carbocycles. The number of hydrogen-bond donors (Lipinski definition) is 0. The van der Waals surface area contributed by atoms with Crippen LogP contribution in [-0.2, 0) is 19.1 Å². The van der Waals surface area contributed by atoms with Gasteiger partial charge in [0.25, 0.3) is 0 Å². The number of ether oxygens (including phenoxy) is 7. The molecule has 0 radical (unpaired) electrons. The fourth-order valence-corrected chi connectivity index (χ4v) is 5.33. The van der Waals surface area contributed by atoms with Crippen LogP contribution in [-0.4, -0.2) is 52.5 Å². The zero-order valence-electron chi connectivity index (χ0n) is 24.6. The molecule has 0 bridgehead atoms. The Morgan fingerprint density at radius 3 is 1.77 bits per heavy atom. The molecule has 0 heterocycles. The molecular weight excluding hydrogens is 589 g/mol. The molecule has 44 heavy (non-hydrogen) atoms. The maximum Gasteiger partial charge on any atom is 0.490 e. The van der Waals surface area contributed by atoms with Crippen LogP contribution in [0.4, 0.5) is 13.2 Å².